The minimum absolute atomic E-state index is 0.174. The highest BCUT2D eigenvalue weighted by Gasteiger charge is 2.34. The lowest BCUT2D eigenvalue weighted by molar-refractivity contribution is 0.206. The van der Waals surface area contributed by atoms with E-state index in [1.807, 2.05) is 18.2 Å². The van der Waals surface area contributed by atoms with Crippen molar-refractivity contribution in [3.05, 3.63) is 95.3 Å². The van der Waals surface area contributed by atoms with Gasteiger partial charge in [0.1, 0.15) is 5.82 Å². The highest BCUT2D eigenvalue weighted by Crippen LogP contribution is 2.31. The van der Waals surface area contributed by atoms with Gasteiger partial charge in [0, 0.05) is 30.7 Å². The monoisotopic (exact) mass is 458 g/mol. The Bertz CT molecular complexity index is 1100. The Morgan fingerprint density at radius 2 is 1.52 bits per heavy atom. The number of nitrogens with zero attached hydrogens (tertiary/aromatic N) is 2. The van der Waals surface area contributed by atoms with E-state index < -0.39 is 15.8 Å². The molecule has 0 N–H and O–H groups in total. The normalized spacial score (nSPS) is 15.7. The van der Waals surface area contributed by atoms with Gasteiger partial charge in [0.25, 0.3) is 10.0 Å². The fourth-order valence-electron chi connectivity index (χ4n) is 4.01. The Balaban J connectivity index is 1.58. The van der Waals surface area contributed by atoms with Gasteiger partial charge in [0.05, 0.1) is 10.6 Å². The molecule has 0 spiro atoms. The molecule has 0 aromatic heterocycles. The Morgan fingerprint density at radius 3 is 2.13 bits per heavy atom. The van der Waals surface area contributed by atoms with Crippen molar-refractivity contribution in [2.24, 2.45) is 0 Å². The van der Waals surface area contributed by atoms with E-state index in [2.05, 4.69) is 17.0 Å². The first kappa shape index (κ1) is 21.8. The second kappa shape index (κ2) is 9.39. The summed E-state index contributed by atoms with van der Waals surface area (Å²) in [6, 6.07) is 21.8. The van der Waals surface area contributed by atoms with E-state index in [1.54, 1.807) is 12.1 Å². The largest absolute Gasteiger partial charge is 0.299 e. The van der Waals surface area contributed by atoms with Crippen LogP contribution in [-0.4, -0.2) is 32.4 Å². The maximum Gasteiger partial charge on any atom is 0.264 e. The van der Waals surface area contributed by atoms with Crippen LogP contribution in [0.2, 0.25) is 5.02 Å². The van der Waals surface area contributed by atoms with Crippen LogP contribution in [0.4, 0.5) is 10.1 Å². The number of likely N-dealkylation sites (tertiary alicyclic amines) is 1. The van der Waals surface area contributed by atoms with Crippen molar-refractivity contribution >= 4 is 27.3 Å². The molecule has 3 aromatic rings. The molecule has 7 heteroatoms. The number of benzene rings is 3. The molecule has 1 fully saturated rings. The zero-order chi connectivity index (χ0) is 21.8. The number of hydrogen-bond acceptors (Lipinski definition) is 3. The lowest BCUT2D eigenvalue weighted by Gasteiger charge is -2.39. The van der Waals surface area contributed by atoms with Gasteiger partial charge in [0.15, 0.2) is 0 Å². The summed E-state index contributed by atoms with van der Waals surface area (Å²) in [7, 11) is -3.83. The lowest BCUT2D eigenvalue weighted by atomic mass is 10.0. The van der Waals surface area contributed by atoms with Gasteiger partial charge in [-0.25, -0.2) is 12.8 Å². The summed E-state index contributed by atoms with van der Waals surface area (Å²) in [5, 5.41) is 0.474. The molecule has 1 aliphatic heterocycles. The van der Waals surface area contributed by atoms with Gasteiger partial charge in [-0.05, 0) is 66.9 Å². The van der Waals surface area contributed by atoms with Crippen molar-refractivity contribution in [1.82, 2.24) is 4.90 Å². The lowest BCUT2D eigenvalue weighted by Crippen LogP contribution is -2.47. The molecular formula is C24H24ClFN2O2S. The average Bonchev–Trinajstić information content (AvgIpc) is 2.77. The Kier molecular flexibility index (Phi) is 6.60. The van der Waals surface area contributed by atoms with Crippen LogP contribution in [0.5, 0.6) is 0 Å². The van der Waals surface area contributed by atoms with E-state index in [-0.39, 0.29) is 10.9 Å². The molecule has 4 nitrogen and oxygen atoms in total. The summed E-state index contributed by atoms with van der Waals surface area (Å²) in [5.41, 5.74) is 1.71. The summed E-state index contributed by atoms with van der Waals surface area (Å²) in [6.45, 7) is 2.41. The SMILES string of the molecule is O=S(=O)(c1ccc(Cl)cc1)N(c1ccc(F)cc1)C1CCN(Cc2ccccc2)CC1. The van der Waals surface area contributed by atoms with E-state index in [9.17, 15) is 12.8 Å². The van der Waals surface area contributed by atoms with Crippen molar-refractivity contribution in [2.75, 3.05) is 17.4 Å². The van der Waals surface area contributed by atoms with Crippen LogP contribution >= 0.6 is 11.6 Å². The van der Waals surface area contributed by atoms with E-state index in [4.69, 9.17) is 11.6 Å². The molecule has 0 aliphatic carbocycles. The first-order chi connectivity index (χ1) is 14.9. The number of anilines is 1. The molecule has 0 bridgehead atoms. The molecule has 31 heavy (non-hydrogen) atoms. The maximum absolute atomic E-state index is 13.6. The highest BCUT2D eigenvalue weighted by atomic mass is 35.5. The molecule has 1 saturated heterocycles. The van der Waals surface area contributed by atoms with Crippen LogP contribution in [0, 0.1) is 5.82 Å². The quantitative estimate of drug-likeness (QED) is 0.500. The Labute approximate surface area is 187 Å². The third-order valence-electron chi connectivity index (χ3n) is 5.59. The standard InChI is InChI=1S/C24H24ClFN2O2S/c25-20-6-12-24(13-7-20)31(29,30)28(22-10-8-21(26)9-11-22)23-14-16-27(17-15-23)18-19-4-2-1-3-5-19/h1-13,23H,14-18H2. The third kappa shape index (κ3) is 5.09. The van der Waals surface area contributed by atoms with Crippen molar-refractivity contribution in [2.45, 2.75) is 30.3 Å². The molecule has 0 amide bonds. The zero-order valence-electron chi connectivity index (χ0n) is 17.0. The first-order valence-electron chi connectivity index (χ1n) is 10.3. The molecule has 1 heterocycles. The third-order valence-corrected chi connectivity index (χ3v) is 7.74. The van der Waals surface area contributed by atoms with Gasteiger partial charge in [-0.3, -0.25) is 9.21 Å². The van der Waals surface area contributed by atoms with Gasteiger partial charge in [-0.15, -0.1) is 0 Å². The summed E-state index contributed by atoms with van der Waals surface area (Å²) in [5.74, 6) is -0.398. The topological polar surface area (TPSA) is 40.6 Å². The van der Waals surface area contributed by atoms with Crippen molar-refractivity contribution in [1.29, 1.82) is 0 Å². The van der Waals surface area contributed by atoms with E-state index in [0.717, 1.165) is 19.6 Å². The molecule has 0 radical (unpaired) electrons. The van der Waals surface area contributed by atoms with Gasteiger partial charge in [-0.1, -0.05) is 41.9 Å². The number of rotatable bonds is 6. The van der Waals surface area contributed by atoms with Crippen LogP contribution in [0.25, 0.3) is 0 Å². The fraction of sp³-hybridized carbons (Fsp3) is 0.250. The fourth-order valence-corrected chi connectivity index (χ4v) is 5.84. The molecule has 1 aliphatic rings. The smallest absolute Gasteiger partial charge is 0.264 e. The Morgan fingerprint density at radius 1 is 0.903 bits per heavy atom. The van der Waals surface area contributed by atoms with Crippen LogP contribution in [0.15, 0.2) is 83.8 Å². The molecule has 0 atom stereocenters. The summed E-state index contributed by atoms with van der Waals surface area (Å²) < 4.78 is 42.1. The van der Waals surface area contributed by atoms with Crippen LogP contribution in [-0.2, 0) is 16.6 Å². The molecule has 162 valence electrons. The van der Waals surface area contributed by atoms with Crippen molar-refractivity contribution < 1.29 is 12.8 Å². The van der Waals surface area contributed by atoms with E-state index >= 15 is 0 Å². The molecular weight excluding hydrogens is 435 g/mol. The summed E-state index contributed by atoms with van der Waals surface area (Å²) in [4.78, 5) is 2.51. The zero-order valence-corrected chi connectivity index (χ0v) is 18.6. The van der Waals surface area contributed by atoms with Gasteiger partial charge >= 0.3 is 0 Å². The summed E-state index contributed by atoms with van der Waals surface area (Å²) in [6.07, 6.45) is 1.38. The maximum atomic E-state index is 13.6. The van der Waals surface area contributed by atoms with Gasteiger partial charge < -0.3 is 0 Å². The van der Waals surface area contributed by atoms with E-state index in [0.29, 0.717) is 23.6 Å². The second-order valence-electron chi connectivity index (χ2n) is 7.72. The van der Waals surface area contributed by atoms with Crippen LogP contribution in [0.1, 0.15) is 18.4 Å². The van der Waals surface area contributed by atoms with E-state index in [1.165, 1.54) is 46.3 Å². The molecule has 0 unspecified atom stereocenters. The van der Waals surface area contributed by atoms with Crippen LogP contribution < -0.4 is 4.31 Å². The van der Waals surface area contributed by atoms with Gasteiger partial charge in [-0.2, -0.15) is 0 Å². The first-order valence-corrected chi connectivity index (χ1v) is 12.1. The molecule has 3 aromatic carbocycles. The summed E-state index contributed by atoms with van der Waals surface area (Å²) >= 11 is 5.95. The number of sulfonamides is 1. The van der Waals surface area contributed by atoms with Gasteiger partial charge in [0.2, 0.25) is 0 Å². The predicted octanol–water partition coefficient (Wildman–Crippen LogP) is 5.34. The second-order valence-corrected chi connectivity index (χ2v) is 9.98. The predicted molar refractivity (Wildman–Crippen MR) is 122 cm³/mol. The Hall–Kier alpha value is -2.41. The number of hydrogen-bond donors (Lipinski definition) is 0. The average molecular weight is 459 g/mol. The number of piperidine rings is 1. The molecule has 0 saturated carbocycles. The molecule has 4 rings (SSSR count). The van der Waals surface area contributed by atoms with Crippen molar-refractivity contribution in [3.8, 4) is 0 Å². The minimum Gasteiger partial charge on any atom is -0.299 e. The number of halogens is 2. The van der Waals surface area contributed by atoms with Crippen LogP contribution in [0.3, 0.4) is 0 Å². The minimum atomic E-state index is -3.83. The highest BCUT2D eigenvalue weighted by molar-refractivity contribution is 7.92. The van der Waals surface area contributed by atoms with Crippen molar-refractivity contribution in [3.63, 3.8) is 0 Å².